The summed E-state index contributed by atoms with van der Waals surface area (Å²) in [5, 5.41) is 4.41. The second kappa shape index (κ2) is 6.87. The standard InChI is InChI=1S/C17H17ClN6O2/c1-26-16(25)12-10-15(22-17(18)21-12)23-8-4-11(5-9-23)13-2-6-19-14-3-7-20-24(13)14/h2-3,6-7,10-11H,4-5,8-9H2,1H3. The molecule has 4 heterocycles. The van der Waals surface area contributed by atoms with Crippen molar-refractivity contribution in [3.63, 3.8) is 0 Å². The molecule has 0 amide bonds. The molecule has 1 fully saturated rings. The summed E-state index contributed by atoms with van der Waals surface area (Å²) in [4.78, 5) is 26.3. The molecule has 0 unspecified atom stereocenters. The maximum Gasteiger partial charge on any atom is 0.356 e. The fraction of sp³-hybridized carbons (Fsp3) is 0.353. The summed E-state index contributed by atoms with van der Waals surface area (Å²) < 4.78 is 6.62. The summed E-state index contributed by atoms with van der Waals surface area (Å²) in [5.41, 5.74) is 2.18. The average Bonchev–Trinajstić information content (AvgIpc) is 3.16. The summed E-state index contributed by atoms with van der Waals surface area (Å²) in [5.74, 6) is 0.500. The van der Waals surface area contributed by atoms with Crippen molar-refractivity contribution in [3.05, 3.63) is 47.3 Å². The molecule has 0 aromatic carbocycles. The van der Waals surface area contributed by atoms with Crippen molar-refractivity contribution in [2.45, 2.75) is 18.8 Å². The van der Waals surface area contributed by atoms with Gasteiger partial charge in [0.15, 0.2) is 11.3 Å². The van der Waals surface area contributed by atoms with Crippen LogP contribution in [-0.2, 0) is 4.74 Å². The molecule has 0 radical (unpaired) electrons. The predicted molar refractivity (Wildman–Crippen MR) is 95.6 cm³/mol. The zero-order valence-electron chi connectivity index (χ0n) is 14.2. The molecular weight excluding hydrogens is 356 g/mol. The fourth-order valence-electron chi connectivity index (χ4n) is 3.34. The van der Waals surface area contributed by atoms with Gasteiger partial charge in [0.1, 0.15) is 5.82 Å². The molecule has 3 aromatic rings. The van der Waals surface area contributed by atoms with Gasteiger partial charge in [0, 0.05) is 43.0 Å². The largest absolute Gasteiger partial charge is 0.464 e. The Labute approximate surface area is 154 Å². The highest BCUT2D eigenvalue weighted by Gasteiger charge is 2.25. The monoisotopic (exact) mass is 372 g/mol. The minimum absolute atomic E-state index is 0.0393. The summed E-state index contributed by atoms with van der Waals surface area (Å²) in [6, 6.07) is 5.54. The van der Waals surface area contributed by atoms with Crippen molar-refractivity contribution < 1.29 is 9.53 Å². The SMILES string of the molecule is COC(=O)c1cc(N2CCC(c3ccnc4ccnn34)CC2)nc(Cl)n1. The molecule has 0 spiro atoms. The van der Waals surface area contributed by atoms with E-state index in [4.69, 9.17) is 16.3 Å². The molecule has 1 aliphatic heterocycles. The molecule has 0 saturated carbocycles. The zero-order chi connectivity index (χ0) is 18.1. The number of carbonyl (C=O) groups excluding carboxylic acids is 1. The normalized spacial score (nSPS) is 15.4. The first-order valence-corrected chi connectivity index (χ1v) is 8.70. The van der Waals surface area contributed by atoms with Gasteiger partial charge in [-0.25, -0.2) is 24.3 Å². The van der Waals surface area contributed by atoms with Crippen molar-refractivity contribution in [2.24, 2.45) is 0 Å². The molecule has 8 nitrogen and oxygen atoms in total. The van der Waals surface area contributed by atoms with Gasteiger partial charge in [-0.1, -0.05) is 0 Å². The number of aromatic nitrogens is 5. The highest BCUT2D eigenvalue weighted by molar-refractivity contribution is 6.28. The van der Waals surface area contributed by atoms with E-state index in [1.807, 2.05) is 22.8 Å². The maximum atomic E-state index is 11.7. The molecule has 0 bridgehead atoms. The van der Waals surface area contributed by atoms with Crippen LogP contribution in [0.15, 0.2) is 30.6 Å². The quantitative estimate of drug-likeness (QED) is 0.515. The minimum atomic E-state index is -0.525. The van der Waals surface area contributed by atoms with Crippen molar-refractivity contribution in [2.75, 3.05) is 25.1 Å². The van der Waals surface area contributed by atoms with E-state index in [1.54, 1.807) is 12.3 Å². The number of hydrogen-bond donors (Lipinski definition) is 0. The minimum Gasteiger partial charge on any atom is -0.464 e. The van der Waals surface area contributed by atoms with E-state index in [1.165, 1.54) is 7.11 Å². The van der Waals surface area contributed by atoms with Gasteiger partial charge in [0.2, 0.25) is 5.28 Å². The van der Waals surface area contributed by atoms with Crippen LogP contribution < -0.4 is 4.90 Å². The number of methoxy groups -OCH3 is 1. The van der Waals surface area contributed by atoms with Gasteiger partial charge in [-0.15, -0.1) is 0 Å². The third-order valence-corrected chi connectivity index (χ3v) is 4.81. The first-order valence-electron chi connectivity index (χ1n) is 8.32. The molecule has 1 saturated heterocycles. The van der Waals surface area contributed by atoms with E-state index in [9.17, 15) is 4.79 Å². The van der Waals surface area contributed by atoms with Gasteiger partial charge in [-0.2, -0.15) is 5.10 Å². The number of rotatable bonds is 3. The molecule has 0 atom stereocenters. The summed E-state index contributed by atoms with van der Waals surface area (Å²) >= 11 is 5.97. The molecule has 9 heteroatoms. The summed E-state index contributed by atoms with van der Waals surface area (Å²) in [7, 11) is 1.31. The van der Waals surface area contributed by atoms with E-state index in [2.05, 4.69) is 25.0 Å². The van der Waals surface area contributed by atoms with Crippen LogP contribution in [0.4, 0.5) is 5.82 Å². The van der Waals surface area contributed by atoms with Crippen molar-refractivity contribution >= 4 is 29.0 Å². The number of fused-ring (bicyclic) bond motifs is 1. The van der Waals surface area contributed by atoms with E-state index in [0.29, 0.717) is 11.7 Å². The Kier molecular flexibility index (Phi) is 4.42. The Morgan fingerprint density at radius 3 is 2.81 bits per heavy atom. The maximum absolute atomic E-state index is 11.7. The smallest absolute Gasteiger partial charge is 0.356 e. The molecular formula is C17H17ClN6O2. The number of carbonyl (C=O) groups is 1. The van der Waals surface area contributed by atoms with Crippen LogP contribution >= 0.6 is 11.6 Å². The van der Waals surface area contributed by atoms with Crippen molar-refractivity contribution in [1.82, 2.24) is 24.6 Å². The highest BCUT2D eigenvalue weighted by Crippen LogP contribution is 2.30. The van der Waals surface area contributed by atoms with E-state index in [-0.39, 0.29) is 11.0 Å². The lowest BCUT2D eigenvalue weighted by atomic mass is 9.93. The molecule has 3 aromatic heterocycles. The Bertz CT molecular complexity index is 951. The van der Waals surface area contributed by atoms with E-state index in [0.717, 1.165) is 37.3 Å². The Morgan fingerprint density at radius 1 is 1.23 bits per heavy atom. The molecule has 134 valence electrons. The summed E-state index contributed by atoms with van der Waals surface area (Å²) in [6.45, 7) is 1.59. The van der Waals surface area contributed by atoms with E-state index >= 15 is 0 Å². The lowest BCUT2D eigenvalue weighted by Gasteiger charge is -2.33. The number of esters is 1. The predicted octanol–water partition coefficient (Wildman–Crippen LogP) is 2.34. The van der Waals surface area contributed by atoms with E-state index < -0.39 is 5.97 Å². The third-order valence-electron chi connectivity index (χ3n) is 4.64. The molecule has 0 aliphatic carbocycles. The molecule has 4 rings (SSSR count). The molecule has 0 N–H and O–H groups in total. The highest BCUT2D eigenvalue weighted by atomic mass is 35.5. The third kappa shape index (κ3) is 3.08. The lowest BCUT2D eigenvalue weighted by molar-refractivity contribution is 0.0594. The summed E-state index contributed by atoms with van der Waals surface area (Å²) in [6.07, 6.45) is 5.46. The average molecular weight is 373 g/mol. The number of piperidine rings is 1. The van der Waals surface area contributed by atoms with Gasteiger partial charge in [-0.05, 0) is 30.5 Å². The van der Waals surface area contributed by atoms with Crippen LogP contribution in [0.2, 0.25) is 5.28 Å². The number of hydrogen-bond acceptors (Lipinski definition) is 7. The number of nitrogens with zero attached hydrogens (tertiary/aromatic N) is 6. The first kappa shape index (κ1) is 16.7. The Hall–Kier alpha value is -2.74. The van der Waals surface area contributed by atoms with Crippen LogP contribution in [0, 0.1) is 0 Å². The van der Waals surface area contributed by atoms with Gasteiger partial charge in [-0.3, -0.25) is 0 Å². The van der Waals surface area contributed by atoms with Crippen molar-refractivity contribution in [1.29, 1.82) is 0 Å². The van der Waals surface area contributed by atoms with Gasteiger partial charge < -0.3 is 9.64 Å². The molecule has 1 aliphatic rings. The van der Waals surface area contributed by atoms with Crippen LogP contribution in [0.1, 0.15) is 34.9 Å². The Balaban J connectivity index is 1.53. The second-order valence-electron chi connectivity index (χ2n) is 6.10. The number of halogens is 1. The van der Waals surface area contributed by atoms with Gasteiger partial charge in [0.25, 0.3) is 0 Å². The van der Waals surface area contributed by atoms with Crippen LogP contribution in [0.3, 0.4) is 0 Å². The van der Waals surface area contributed by atoms with Crippen molar-refractivity contribution in [3.8, 4) is 0 Å². The zero-order valence-corrected chi connectivity index (χ0v) is 14.9. The lowest BCUT2D eigenvalue weighted by Crippen LogP contribution is -2.34. The van der Waals surface area contributed by atoms with Crippen LogP contribution in [0.25, 0.3) is 5.65 Å². The number of ether oxygens (including phenoxy) is 1. The Morgan fingerprint density at radius 2 is 2.04 bits per heavy atom. The number of anilines is 1. The van der Waals surface area contributed by atoms with Gasteiger partial charge >= 0.3 is 5.97 Å². The fourth-order valence-corrected chi connectivity index (χ4v) is 3.52. The van der Waals surface area contributed by atoms with Gasteiger partial charge in [0.05, 0.1) is 13.3 Å². The topological polar surface area (TPSA) is 85.5 Å². The second-order valence-corrected chi connectivity index (χ2v) is 6.44. The van der Waals surface area contributed by atoms with Crippen LogP contribution in [0.5, 0.6) is 0 Å². The first-order chi connectivity index (χ1) is 12.7. The molecule has 26 heavy (non-hydrogen) atoms. The van der Waals surface area contributed by atoms with Crippen LogP contribution in [-0.4, -0.2) is 50.7 Å².